The van der Waals surface area contributed by atoms with Crippen molar-refractivity contribution in [3.8, 4) is 0 Å². The van der Waals surface area contributed by atoms with Crippen LogP contribution >= 0.6 is 11.6 Å². The number of carbonyl (C=O) groups is 1. The third kappa shape index (κ3) is 3.74. The Labute approximate surface area is 161 Å². The maximum atomic E-state index is 13.6. The summed E-state index contributed by atoms with van der Waals surface area (Å²) in [6.45, 7) is 0. The van der Waals surface area contributed by atoms with Crippen molar-refractivity contribution in [2.45, 2.75) is 44.2 Å². The summed E-state index contributed by atoms with van der Waals surface area (Å²) in [5.74, 6) is -4.33. The van der Waals surface area contributed by atoms with E-state index in [9.17, 15) is 26.7 Å². The molecule has 2 aromatic rings. The van der Waals surface area contributed by atoms with E-state index in [4.69, 9.17) is 17.3 Å². The summed E-state index contributed by atoms with van der Waals surface area (Å²) in [7, 11) is 1.09. The second kappa shape index (κ2) is 7.06. The number of rotatable bonds is 3. The highest BCUT2D eigenvalue weighted by Gasteiger charge is 2.41. The van der Waals surface area contributed by atoms with Crippen LogP contribution in [0.5, 0.6) is 0 Å². The van der Waals surface area contributed by atoms with Crippen molar-refractivity contribution in [1.82, 2.24) is 9.38 Å². The first kappa shape index (κ1) is 20.6. The van der Waals surface area contributed by atoms with E-state index in [0.717, 1.165) is 17.6 Å². The number of methoxy groups -OCH3 is 1. The summed E-state index contributed by atoms with van der Waals surface area (Å²) >= 11 is 6.07. The van der Waals surface area contributed by atoms with Gasteiger partial charge in [-0.2, -0.15) is 13.2 Å². The summed E-state index contributed by atoms with van der Waals surface area (Å²) in [5, 5.41) is -0.262. The average molecular weight is 426 g/mol. The third-order valence-electron chi connectivity index (χ3n) is 4.97. The lowest BCUT2D eigenvalue weighted by atomic mass is 9.83. The van der Waals surface area contributed by atoms with Gasteiger partial charge in [0.15, 0.2) is 5.69 Å². The quantitative estimate of drug-likeness (QED) is 0.569. The van der Waals surface area contributed by atoms with Crippen LogP contribution in [0.2, 0.25) is 5.02 Å². The van der Waals surface area contributed by atoms with Gasteiger partial charge >= 0.3 is 12.1 Å². The predicted molar refractivity (Wildman–Crippen MR) is 91.6 cm³/mol. The number of carbonyl (C=O) groups excluding carboxylic acids is 1. The molecule has 0 saturated heterocycles. The summed E-state index contributed by atoms with van der Waals surface area (Å²) in [6.07, 6.45) is -5.50. The van der Waals surface area contributed by atoms with Crippen LogP contribution in [-0.2, 0) is 17.3 Å². The number of fused-ring (bicyclic) bond motifs is 1. The van der Waals surface area contributed by atoms with Crippen LogP contribution in [0.4, 0.5) is 27.8 Å². The van der Waals surface area contributed by atoms with Crippen molar-refractivity contribution in [2.75, 3.05) is 12.8 Å². The number of anilines is 1. The maximum Gasteiger partial charge on any atom is 0.435 e. The Kier molecular flexibility index (Phi) is 5.20. The minimum atomic E-state index is -4.79. The van der Waals surface area contributed by atoms with E-state index in [0.29, 0.717) is 0 Å². The smallest absolute Gasteiger partial charge is 0.435 e. The van der Waals surface area contributed by atoms with Crippen LogP contribution in [0.1, 0.15) is 47.4 Å². The Balaban J connectivity index is 2.12. The fourth-order valence-electron chi connectivity index (χ4n) is 3.52. The molecular formula is C17H17ClF5N3O2. The van der Waals surface area contributed by atoms with Gasteiger partial charge in [-0.05, 0) is 31.2 Å². The van der Waals surface area contributed by atoms with Crippen LogP contribution in [0.25, 0.3) is 5.65 Å². The molecule has 2 N–H and O–H groups in total. The first-order valence-electron chi connectivity index (χ1n) is 8.47. The van der Waals surface area contributed by atoms with E-state index in [1.54, 1.807) is 0 Å². The van der Waals surface area contributed by atoms with Crippen molar-refractivity contribution in [2.24, 2.45) is 5.92 Å². The summed E-state index contributed by atoms with van der Waals surface area (Å²) in [4.78, 5) is 15.4. The molecule has 3 rings (SSSR count). The molecule has 0 amide bonds. The molecule has 5 nitrogen and oxygen atoms in total. The number of pyridine rings is 1. The molecule has 1 aliphatic carbocycles. The molecule has 1 aliphatic rings. The van der Waals surface area contributed by atoms with Crippen molar-refractivity contribution < 1.29 is 31.5 Å². The van der Waals surface area contributed by atoms with Crippen LogP contribution in [0.3, 0.4) is 0 Å². The van der Waals surface area contributed by atoms with Gasteiger partial charge < -0.3 is 10.5 Å². The fraction of sp³-hybridized carbons (Fsp3) is 0.529. The number of nitrogens with zero attached hydrogens (tertiary/aromatic N) is 2. The van der Waals surface area contributed by atoms with E-state index >= 15 is 0 Å². The Morgan fingerprint density at radius 1 is 1.39 bits per heavy atom. The number of hydrogen-bond donors (Lipinski definition) is 1. The average Bonchev–Trinajstić information content (AvgIpc) is 2.98. The number of esters is 1. The van der Waals surface area contributed by atoms with Crippen molar-refractivity contribution >= 4 is 29.0 Å². The lowest BCUT2D eigenvalue weighted by Crippen LogP contribution is -2.26. The number of imidazole rings is 1. The molecule has 0 spiro atoms. The lowest BCUT2D eigenvalue weighted by Gasteiger charge is -2.28. The van der Waals surface area contributed by atoms with Crippen molar-refractivity contribution in [3.63, 3.8) is 0 Å². The molecule has 28 heavy (non-hydrogen) atoms. The van der Waals surface area contributed by atoms with E-state index in [-0.39, 0.29) is 65.8 Å². The molecule has 1 saturated carbocycles. The minimum absolute atomic E-state index is 0.0887. The number of alkyl halides is 5. The SMILES string of the molecule is COC(=O)c1cc2nc(C(F)(F)F)c(CC3CCC(F)(F)CC3)n2c(N)c1Cl. The molecule has 0 aromatic carbocycles. The van der Waals surface area contributed by atoms with E-state index in [2.05, 4.69) is 9.72 Å². The van der Waals surface area contributed by atoms with Gasteiger partial charge in [-0.3, -0.25) is 4.40 Å². The highest BCUT2D eigenvalue weighted by atomic mass is 35.5. The number of nitrogen functional groups attached to an aromatic ring is 1. The molecule has 0 radical (unpaired) electrons. The van der Waals surface area contributed by atoms with Gasteiger partial charge in [0.2, 0.25) is 5.92 Å². The van der Waals surface area contributed by atoms with Gasteiger partial charge in [-0.25, -0.2) is 18.6 Å². The summed E-state index contributed by atoms with van der Waals surface area (Å²) in [5.41, 5.74) is 4.06. The first-order chi connectivity index (χ1) is 12.9. The normalized spacial score (nSPS) is 17.8. The zero-order valence-electron chi connectivity index (χ0n) is 14.7. The van der Waals surface area contributed by atoms with Crippen molar-refractivity contribution in [3.05, 3.63) is 28.0 Å². The second-order valence-corrected chi connectivity index (χ2v) is 7.23. The van der Waals surface area contributed by atoms with Crippen molar-refractivity contribution in [1.29, 1.82) is 0 Å². The highest BCUT2D eigenvalue weighted by molar-refractivity contribution is 6.36. The van der Waals surface area contributed by atoms with Crippen LogP contribution in [-0.4, -0.2) is 28.4 Å². The number of nitrogens with two attached hydrogens (primary N) is 1. The number of halogens is 6. The molecule has 0 aliphatic heterocycles. The van der Waals surface area contributed by atoms with Crippen LogP contribution < -0.4 is 5.73 Å². The van der Waals surface area contributed by atoms with Gasteiger partial charge in [-0.15, -0.1) is 0 Å². The Bertz CT molecular complexity index is 916. The van der Waals surface area contributed by atoms with Crippen LogP contribution in [0.15, 0.2) is 6.07 Å². The fourth-order valence-corrected chi connectivity index (χ4v) is 3.73. The van der Waals surface area contributed by atoms with Gasteiger partial charge in [-0.1, -0.05) is 11.6 Å². The van der Waals surface area contributed by atoms with Gasteiger partial charge in [0.05, 0.1) is 23.4 Å². The Morgan fingerprint density at radius 3 is 2.54 bits per heavy atom. The largest absolute Gasteiger partial charge is 0.465 e. The Hall–Kier alpha value is -2.10. The molecule has 2 aromatic heterocycles. The third-order valence-corrected chi connectivity index (χ3v) is 5.36. The van der Waals surface area contributed by atoms with E-state index in [1.165, 1.54) is 0 Å². The maximum absolute atomic E-state index is 13.6. The molecule has 0 bridgehead atoms. The van der Waals surface area contributed by atoms with Crippen LogP contribution in [0, 0.1) is 5.92 Å². The molecule has 154 valence electrons. The second-order valence-electron chi connectivity index (χ2n) is 6.85. The zero-order chi connectivity index (χ0) is 20.9. The zero-order valence-corrected chi connectivity index (χ0v) is 15.5. The molecule has 0 atom stereocenters. The minimum Gasteiger partial charge on any atom is -0.465 e. The first-order valence-corrected chi connectivity index (χ1v) is 8.85. The molecule has 2 heterocycles. The topological polar surface area (TPSA) is 69.6 Å². The summed E-state index contributed by atoms with van der Waals surface area (Å²) in [6, 6.07) is 1.07. The van der Waals surface area contributed by atoms with Gasteiger partial charge in [0.1, 0.15) is 11.5 Å². The van der Waals surface area contributed by atoms with E-state index in [1.807, 2.05) is 0 Å². The number of ether oxygens (including phenoxy) is 1. The predicted octanol–water partition coefficient (Wildman–Crippen LogP) is 4.74. The summed E-state index contributed by atoms with van der Waals surface area (Å²) < 4.78 is 73.0. The molecular weight excluding hydrogens is 409 g/mol. The Morgan fingerprint density at radius 2 is 2.00 bits per heavy atom. The monoisotopic (exact) mass is 425 g/mol. The number of aromatic nitrogens is 2. The van der Waals surface area contributed by atoms with Gasteiger partial charge in [0, 0.05) is 12.8 Å². The standard InChI is InChI=1S/C17H17ClF5N3O2/c1-28-15(27)9-7-11-25-13(17(21,22)23)10(26(11)14(24)12(9)18)6-8-2-4-16(19,20)5-3-8/h7-8H,2-6,24H2,1H3. The highest BCUT2D eigenvalue weighted by Crippen LogP contribution is 2.41. The molecule has 0 unspecified atom stereocenters. The number of hydrogen-bond acceptors (Lipinski definition) is 4. The van der Waals surface area contributed by atoms with Gasteiger partial charge in [0.25, 0.3) is 0 Å². The van der Waals surface area contributed by atoms with E-state index < -0.39 is 23.8 Å². The lowest BCUT2D eigenvalue weighted by molar-refractivity contribution is -0.141. The molecule has 11 heteroatoms. The molecule has 1 fully saturated rings.